The van der Waals surface area contributed by atoms with Crippen LogP contribution in [0.15, 0.2) is 0 Å². The van der Waals surface area contributed by atoms with Crippen LogP contribution < -0.4 is 16.2 Å². The van der Waals surface area contributed by atoms with Crippen LogP contribution in [0.4, 0.5) is 5.00 Å². The summed E-state index contributed by atoms with van der Waals surface area (Å²) < 4.78 is 5.16. The van der Waals surface area contributed by atoms with E-state index in [1.54, 1.807) is 20.8 Å². The maximum absolute atomic E-state index is 12.7. The monoisotopic (exact) mass is 395 g/mol. The molecule has 2 rings (SSSR count). The second-order valence-corrected chi connectivity index (χ2v) is 7.90. The second kappa shape index (κ2) is 8.51. The van der Waals surface area contributed by atoms with E-state index in [0.717, 1.165) is 24.2 Å². The number of hydrogen-bond acceptors (Lipinski definition) is 7. The van der Waals surface area contributed by atoms with Crippen LogP contribution in [0.5, 0.6) is 0 Å². The number of carbonyl (C=O) groups excluding carboxylic acids is 4. The molecule has 0 bridgehead atoms. The van der Waals surface area contributed by atoms with Gasteiger partial charge >= 0.3 is 5.97 Å². The summed E-state index contributed by atoms with van der Waals surface area (Å²) >= 11 is 0.896. The molecule has 0 spiro atoms. The lowest BCUT2D eigenvalue weighted by Gasteiger charge is -2.31. The van der Waals surface area contributed by atoms with Gasteiger partial charge in [0.1, 0.15) is 9.88 Å². The van der Waals surface area contributed by atoms with Crippen molar-refractivity contribution in [3.05, 3.63) is 16.0 Å². The normalized spacial score (nSPS) is 19.6. The first kappa shape index (κ1) is 20.9. The molecule has 0 aromatic carbocycles. The first-order valence-electron chi connectivity index (χ1n) is 8.79. The molecule has 9 heteroatoms. The molecule has 1 fully saturated rings. The van der Waals surface area contributed by atoms with Crippen molar-refractivity contribution in [1.82, 2.24) is 0 Å². The number of nitrogens with two attached hydrogens (primary N) is 1. The zero-order chi connectivity index (χ0) is 20.3. The molecule has 2 atom stereocenters. The van der Waals surface area contributed by atoms with Gasteiger partial charge in [0.05, 0.1) is 11.7 Å². The number of esters is 1. The Kier molecular flexibility index (Phi) is 6.59. The molecular weight excluding hydrogens is 372 g/mol. The number of hydrogen-bond donors (Lipinski definition) is 2. The maximum atomic E-state index is 12.7. The summed E-state index contributed by atoms with van der Waals surface area (Å²) in [5.41, 5.74) is 5.78. The van der Waals surface area contributed by atoms with Crippen molar-refractivity contribution in [2.24, 2.45) is 17.6 Å². The number of carboxylic acids is 1. The predicted octanol–water partition coefficient (Wildman–Crippen LogP) is 1.22. The molecule has 27 heavy (non-hydrogen) atoms. The zero-order valence-electron chi connectivity index (χ0n) is 15.5. The van der Waals surface area contributed by atoms with E-state index in [4.69, 9.17) is 10.5 Å². The molecule has 1 heterocycles. The number of anilines is 1. The van der Waals surface area contributed by atoms with Crippen LogP contribution >= 0.6 is 11.3 Å². The Hall–Kier alpha value is -2.42. The van der Waals surface area contributed by atoms with E-state index in [1.807, 2.05) is 0 Å². The van der Waals surface area contributed by atoms with Crippen molar-refractivity contribution in [2.75, 3.05) is 5.32 Å². The van der Waals surface area contributed by atoms with Gasteiger partial charge in [0.2, 0.25) is 5.91 Å². The van der Waals surface area contributed by atoms with Gasteiger partial charge in [-0.3, -0.25) is 9.59 Å². The van der Waals surface area contributed by atoms with Gasteiger partial charge in [-0.1, -0.05) is 12.8 Å². The molecule has 2 amide bonds. The molecule has 1 saturated carbocycles. The van der Waals surface area contributed by atoms with Crippen LogP contribution in [0.25, 0.3) is 0 Å². The maximum Gasteiger partial charge on any atom is 0.348 e. The van der Waals surface area contributed by atoms with Crippen LogP contribution in [0.2, 0.25) is 0 Å². The van der Waals surface area contributed by atoms with Gasteiger partial charge in [-0.25, -0.2) is 4.79 Å². The quantitative estimate of drug-likeness (QED) is 0.694. The minimum Gasteiger partial charge on any atom is -0.550 e. The van der Waals surface area contributed by atoms with Crippen molar-refractivity contribution in [2.45, 2.75) is 52.6 Å². The second-order valence-electron chi connectivity index (χ2n) is 6.88. The molecule has 1 aromatic heterocycles. The fourth-order valence-electron chi connectivity index (χ4n) is 3.29. The molecule has 3 N–H and O–H groups in total. The van der Waals surface area contributed by atoms with E-state index in [-0.39, 0.29) is 21.5 Å². The SMILES string of the molecule is Cc1c(C(=O)OC(C)C)sc(NC(=O)[C@H]2CCCC[C@H]2C(=O)[O-])c1C(N)=O. The number of carbonyl (C=O) groups is 4. The number of ether oxygens (including phenoxy) is 1. The third kappa shape index (κ3) is 4.65. The highest BCUT2D eigenvalue weighted by Crippen LogP contribution is 2.36. The molecule has 0 aliphatic heterocycles. The lowest BCUT2D eigenvalue weighted by molar-refractivity contribution is -0.313. The molecule has 0 saturated heterocycles. The van der Waals surface area contributed by atoms with Crippen molar-refractivity contribution in [3.63, 3.8) is 0 Å². The highest BCUT2D eigenvalue weighted by Gasteiger charge is 2.33. The Balaban J connectivity index is 2.31. The average Bonchev–Trinajstić information content (AvgIpc) is 2.90. The number of thiophene rings is 1. The van der Waals surface area contributed by atoms with E-state index in [1.165, 1.54) is 0 Å². The highest BCUT2D eigenvalue weighted by atomic mass is 32.1. The number of aliphatic carboxylic acids is 1. The fraction of sp³-hybridized carbons (Fsp3) is 0.556. The third-order valence-electron chi connectivity index (χ3n) is 4.56. The van der Waals surface area contributed by atoms with Crippen molar-refractivity contribution < 1.29 is 29.0 Å². The fourth-order valence-corrected chi connectivity index (χ4v) is 4.39. The van der Waals surface area contributed by atoms with Gasteiger partial charge in [0.15, 0.2) is 0 Å². The van der Waals surface area contributed by atoms with Gasteiger partial charge in [-0.15, -0.1) is 11.3 Å². The van der Waals surface area contributed by atoms with Gasteiger partial charge in [0.25, 0.3) is 5.91 Å². The van der Waals surface area contributed by atoms with Crippen LogP contribution in [0.1, 0.15) is 65.1 Å². The Labute approximate surface area is 161 Å². The topological polar surface area (TPSA) is 139 Å². The number of amides is 2. The van der Waals surface area contributed by atoms with Crippen LogP contribution in [-0.4, -0.2) is 29.9 Å². The van der Waals surface area contributed by atoms with Crippen LogP contribution in [-0.2, 0) is 14.3 Å². The summed E-state index contributed by atoms with van der Waals surface area (Å²) in [6, 6.07) is 0. The summed E-state index contributed by atoms with van der Waals surface area (Å²) in [4.78, 5) is 48.2. The van der Waals surface area contributed by atoms with Crippen molar-refractivity contribution >= 4 is 40.1 Å². The van der Waals surface area contributed by atoms with Gasteiger partial charge in [-0.2, -0.15) is 0 Å². The minimum absolute atomic E-state index is 0.0323. The van der Waals surface area contributed by atoms with Gasteiger partial charge in [0, 0.05) is 17.8 Å². The number of primary amides is 1. The van der Waals surface area contributed by atoms with Crippen molar-refractivity contribution in [1.29, 1.82) is 0 Å². The predicted molar refractivity (Wildman–Crippen MR) is 97.2 cm³/mol. The van der Waals surface area contributed by atoms with E-state index in [0.29, 0.717) is 18.4 Å². The molecule has 148 valence electrons. The molecule has 0 unspecified atom stereocenters. The summed E-state index contributed by atoms with van der Waals surface area (Å²) in [7, 11) is 0. The summed E-state index contributed by atoms with van der Waals surface area (Å²) in [5, 5.41) is 14.0. The standard InChI is InChI=1S/C18H24N2O6S/c1-8(2)26-18(25)13-9(3)12(14(19)21)16(27-13)20-15(22)10-6-4-5-7-11(10)17(23)24/h8,10-11H,4-7H2,1-3H3,(H2,19,21)(H,20,22)(H,23,24)/p-1/t10-,11+/m0/s1. The molecule has 1 aromatic rings. The van der Waals surface area contributed by atoms with Crippen molar-refractivity contribution in [3.8, 4) is 0 Å². The lowest BCUT2D eigenvalue weighted by atomic mass is 9.79. The Morgan fingerprint density at radius 2 is 1.78 bits per heavy atom. The number of nitrogens with one attached hydrogen (secondary N) is 1. The largest absolute Gasteiger partial charge is 0.550 e. The van der Waals surface area contributed by atoms with Gasteiger partial charge < -0.3 is 25.7 Å². The zero-order valence-corrected chi connectivity index (χ0v) is 16.3. The number of carboxylic acid groups (broad SMARTS) is 1. The molecule has 1 aliphatic rings. The Bertz CT molecular complexity index is 770. The van der Waals surface area contributed by atoms with Crippen LogP contribution in [0, 0.1) is 18.8 Å². The summed E-state index contributed by atoms with van der Waals surface area (Å²) in [6.07, 6.45) is 1.90. The molecular formula is C18H23N2O6S-. The molecule has 0 radical (unpaired) electrons. The number of rotatable bonds is 6. The van der Waals surface area contributed by atoms with E-state index in [9.17, 15) is 24.3 Å². The molecule has 1 aliphatic carbocycles. The highest BCUT2D eigenvalue weighted by molar-refractivity contribution is 7.18. The Morgan fingerprint density at radius 3 is 2.30 bits per heavy atom. The minimum atomic E-state index is -1.26. The summed E-state index contributed by atoms with van der Waals surface area (Å²) in [6.45, 7) is 4.94. The Morgan fingerprint density at radius 1 is 1.19 bits per heavy atom. The average molecular weight is 395 g/mol. The van der Waals surface area contributed by atoms with E-state index >= 15 is 0 Å². The molecule has 8 nitrogen and oxygen atoms in total. The first-order chi connectivity index (χ1) is 12.6. The summed E-state index contributed by atoms with van der Waals surface area (Å²) in [5.74, 6) is -4.80. The lowest BCUT2D eigenvalue weighted by Crippen LogP contribution is -2.42. The smallest absolute Gasteiger partial charge is 0.348 e. The first-order valence-corrected chi connectivity index (χ1v) is 9.61. The van der Waals surface area contributed by atoms with E-state index < -0.39 is 35.6 Å². The van der Waals surface area contributed by atoms with Gasteiger partial charge in [-0.05, 0) is 39.2 Å². The van der Waals surface area contributed by atoms with E-state index in [2.05, 4.69) is 5.32 Å². The van der Waals surface area contributed by atoms with Crippen LogP contribution in [0.3, 0.4) is 0 Å². The third-order valence-corrected chi connectivity index (χ3v) is 5.75.